The normalized spacial score (nSPS) is 13.6. The van der Waals surface area contributed by atoms with Crippen LogP contribution in [0, 0.1) is 5.92 Å². The number of hydrogen-bond acceptors (Lipinski definition) is 3. The van der Waals surface area contributed by atoms with Crippen LogP contribution in [-0.2, 0) is 11.2 Å². The first kappa shape index (κ1) is 15.0. The van der Waals surface area contributed by atoms with E-state index in [-0.39, 0.29) is 6.42 Å². The van der Waals surface area contributed by atoms with Crippen LogP contribution < -0.4 is 10.6 Å². The summed E-state index contributed by atoms with van der Waals surface area (Å²) in [4.78, 5) is 29.3. The number of imidazole rings is 1. The van der Waals surface area contributed by atoms with Gasteiger partial charge in [0.15, 0.2) is 0 Å². The third-order valence-electron chi connectivity index (χ3n) is 2.89. The zero-order valence-electron chi connectivity index (χ0n) is 11.1. The van der Waals surface area contributed by atoms with E-state index >= 15 is 0 Å². The molecule has 7 heteroatoms. The van der Waals surface area contributed by atoms with E-state index in [2.05, 4.69) is 20.6 Å². The second kappa shape index (κ2) is 7.40. The van der Waals surface area contributed by atoms with Crippen LogP contribution >= 0.6 is 0 Å². The van der Waals surface area contributed by atoms with Crippen molar-refractivity contribution in [2.24, 2.45) is 5.92 Å². The first-order valence-corrected chi connectivity index (χ1v) is 6.27. The molecule has 0 saturated carbocycles. The minimum atomic E-state index is -1.08. The topological polar surface area (TPSA) is 107 Å². The highest BCUT2D eigenvalue weighted by molar-refractivity contribution is 5.82. The summed E-state index contributed by atoms with van der Waals surface area (Å²) in [6, 6.07) is -1.44. The Kier molecular flexibility index (Phi) is 5.84. The van der Waals surface area contributed by atoms with Gasteiger partial charge < -0.3 is 20.7 Å². The molecule has 1 aromatic heterocycles. The average Bonchev–Trinajstić information content (AvgIpc) is 2.87. The number of carbonyl (C=O) groups excluding carboxylic acids is 1. The highest BCUT2D eigenvalue weighted by atomic mass is 16.4. The Labute approximate surface area is 111 Å². The molecule has 4 N–H and O–H groups in total. The third-order valence-corrected chi connectivity index (χ3v) is 2.89. The van der Waals surface area contributed by atoms with E-state index in [0.29, 0.717) is 18.2 Å². The lowest BCUT2D eigenvalue weighted by molar-refractivity contribution is -0.139. The molecule has 0 aliphatic carbocycles. The number of aromatic nitrogens is 2. The molecule has 0 aliphatic heterocycles. The number of amides is 2. The number of urea groups is 1. The molecular weight excluding hydrogens is 248 g/mol. The summed E-state index contributed by atoms with van der Waals surface area (Å²) >= 11 is 0. The second-order valence-electron chi connectivity index (χ2n) is 4.54. The summed E-state index contributed by atoms with van der Waals surface area (Å²) in [6.07, 6.45) is 4.13. The van der Waals surface area contributed by atoms with Gasteiger partial charge in [-0.3, -0.25) is 0 Å². The van der Waals surface area contributed by atoms with Crippen LogP contribution in [0.25, 0.3) is 0 Å². The van der Waals surface area contributed by atoms with Gasteiger partial charge in [-0.1, -0.05) is 20.3 Å². The molecule has 1 aromatic rings. The zero-order chi connectivity index (χ0) is 14.3. The minimum Gasteiger partial charge on any atom is -0.480 e. The zero-order valence-corrected chi connectivity index (χ0v) is 11.1. The predicted octanol–water partition coefficient (Wildman–Crippen LogP) is 0.751. The molecule has 0 bridgehead atoms. The SMILES string of the molecule is CCC(C)CNC(=O)N[C@H](Cc1cnc[nH]1)C(=O)O. The number of carboxylic acids is 1. The molecule has 0 saturated heterocycles. The van der Waals surface area contributed by atoms with Crippen molar-refractivity contribution in [3.8, 4) is 0 Å². The fourth-order valence-electron chi connectivity index (χ4n) is 1.44. The molecule has 0 radical (unpaired) electrons. The number of rotatable bonds is 7. The van der Waals surface area contributed by atoms with E-state index < -0.39 is 18.0 Å². The van der Waals surface area contributed by atoms with Crippen molar-refractivity contribution in [3.63, 3.8) is 0 Å². The van der Waals surface area contributed by atoms with Crippen LogP contribution in [0.1, 0.15) is 26.0 Å². The molecule has 1 rings (SSSR count). The van der Waals surface area contributed by atoms with E-state index in [1.165, 1.54) is 12.5 Å². The van der Waals surface area contributed by atoms with Crippen molar-refractivity contribution in [2.75, 3.05) is 6.54 Å². The van der Waals surface area contributed by atoms with Crippen molar-refractivity contribution >= 4 is 12.0 Å². The van der Waals surface area contributed by atoms with Crippen LogP contribution in [-0.4, -0.2) is 39.7 Å². The van der Waals surface area contributed by atoms with Crippen molar-refractivity contribution in [3.05, 3.63) is 18.2 Å². The maximum absolute atomic E-state index is 11.6. The number of aliphatic carboxylic acids is 1. The number of aromatic amines is 1. The highest BCUT2D eigenvalue weighted by Gasteiger charge is 2.20. The maximum atomic E-state index is 11.6. The number of nitrogens with zero attached hydrogens (tertiary/aromatic N) is 1. The van der Waals surface area contributed by atoms with Gasteiger partial charge in [-0.25, -0.2) is 14.6 Å². The van der Waals surface area contributed by atoms with Crippen molar-refractivity contribution in [2.45, 2.75) is 32.7 Å². The molecule has 2 atom stereocenters. The Bertz CT molecular complexity index is 405. The molecule has 7 nitrogen and oxygen atoms in total. The Balaban J connectivity index is 2.45. The van der Waals surface area contributed by atoms with E-state index in [4.69, 9.17) is 5.11 Å². The lowest BCUT2D eigenvalue weighted by Gasteiger charge is -2.16. The molecule has 106 valence electrons. The van der Waals surface area contributed by atoms with Gasteiger partial charge in [-0.05, 0) is 5.92 Å². The number of hydrogen-bond donors (Lipinski definition) is 4. The molecule has 19 heavy (non-hydrogen) atoms. The highest BCUT2D eigenvalue weighted by Crippen LogP contribution is 2.00. The van der Waals surface area contributed by atoms with Gasteiger partial charge in [-0.2, -0.15) is 0 Å². The van der Waals surface area contributed by atoms with Crippen LogP contribution in [0.15, 0.2) is 12.5 Å². The van der Waals surface area contributed by atoms with Crippen LogP contribution in [0.4, 0.5) is 4.79 Å². The fourth-order valence-corrected chi connectivity index (χ4v) is 1.44. The molecule has 1 heterocycles. The Morgan fingerprint density at radius 1 is 1.53 bits per heavy atom. The van der Waals surface area contributed by atoms with E-state index in [9.17, 15) is 9.59 Å². The summed E-state index contributed by atoms with van der Waals surface area (Å²) in [5.74, 6) is -0.713. The quantitative estimate of drug-likeness (QED) is 0.585. The van der Waals surface area contributed by atoms with Crippen molar-refractivity contribution in [1.82, 2.24) is 20.6 Å². The summed E-state index contributed by atoms with van der Waals surface area (Å²) in [7, 11) is 0. The van der Waals surface area contributed by atoms with Crippen molar-refractivity contribution < 1.29 is 14.7 Å². The summed E-state index contributed by atoms with van der Waals surface area (Å²) < 4.78 is 0. The van der Waals surface area contributed by atoms with E-state index in [1.54, 1.807) is 0 Å². The number of carbonyl (C=O) groups is 2. The van der Waals surface area contributed by atoms with Crippen LogP contribution in [0.3, 0.4) is 0 Å². The van der Waals surface area contributed by atoms with Crippen LogP contribution in [0.5, 0.6) is 0 Å². The van der Waals surface area contributed by atoms with Crippen molar-refractivity contribution in [1.29, 1.82) is 0 Å². The minimum absolute atomic E-state index is 0.173. The summed E-state index contributed by atoms with van der Waals surface area (Å²) in [5, 5.41) is 14.2. The Hall–Kier alpha value is -2.05. The molecule has 0 aliphatic rings. The van der Waals surface area contributed by atoms with Crippen LogP contribution in [0.2, 0.25) is 0 Å². The monoisotopic (exact) mass is 268 g/mol. The Morgan fingerprint density at radius 2 is 2.26 bits per heavy atom. The van der Waals surface area contributed by atoms with Gasteiger partial charge in [0.25, 0.3) is 0 Å². The van der Waals surface area contributed by atoms with Gasteiger partial charge in [0.05, 0.1) is 6.33 Å². The molecule has 0 fully saturated rings. The molecule has 0 aromatic carbocycles. The van der Waals surface area contributed by atoms with Gasteiger partial charge in [0, 0.05) is 24.9 Å². The van der Waals surface area contributed by atoms with Gasteiger partial charge in [-0.15, -0.1) is 0 Å². The molecule has 2 amide bonds. The average molecular weight is 268 g/mol. The standard InChI is InChI=1S/C12H20N4O3/c1-3-8(2)5-14-12(19)16-10(11(17)18)4-9-6-13-7-15-9/h6-8,10H,3-5H2,1-2H3,(H,13,15)(H,17,18)(H2,14,16,19)/t8?,10-/m1/s1. The number of H-pyrrole nitrogens is 1. The molecule has 0 spiro atoms. The number of nitrogens with one attached hydrogen (secondary N) is 3. The Morgan fingerprint density at radius 3 is 2.79 bits per heavy atom. The van der Waals surface area contributed by atoms with E-state index in [0.717, 1.165) is 6.42 Å². The van der Waals surface area contributed by atoms with Gasteiger partial charge in [0.2, 0.25) is 0 Å². The third kappa shape index (κ3) is 5.41. The predicted molar refractivity (Wildman–Crippen MR) is 69.7 cm³/mol. The fraction of sp³-hybridized carbons (Fsp3) is 0.583. The van der Waals surface area contributed by atoms with Gasteiger partial charge >= 0.3 is 12.0 Å². The number of carboxylic acid groups (broad SMARTS) is 1. The lowest BCUT2D eigenvalue weighted by atomic mass is 10.1. The largest absolute Gasteiger partial charge is 0.480 e. The van der Waals surface area contributed by atoms with E-state index in [1.807, 2.05) is 13.8 Å². The van der Waals surface area contributed by atoms with Gasteiger partial charge in [0.1, 0.15) is 6.04 Å². The lowest BCUT2D eigenvalue weighted by Crippen LogP contribution is -2.47. The molecule has 1 unspecified atom stereocenters. The maximum Gasteiger partial charge on any atom is 0.326 e. The molecular formula is C12H20N4O3. The first-order chi connectivity index (χ1) is 9.02. The summed E-state index contributed by atoms with van der Waals surface area (Å²) in [6.45, 7) is 4.57. The first-order valence-electron chi connectivity index (χ1n) is 6.27. The second-order valence-corrected chi connectivity index (χ2v) is 4.54. The summed E-state index contributed by atoms with van der Waals surface area (Å²) in [5.41, 5.74) is 0.662. The smallest absolute Gasteiger partial charge is 0.326 e.